The van der Waals surface area contributed by atoms with Crippen LogP contribution in [-0.2, 0) is 4.74 Å². The number of hydrogen-bond donors (Lipinski definition) is 0. The zero-order valence-corrected chi connectivity index (χ0v) is 9.99. The van der Waals surface area contributed by atoms with Gasteiger partial charge >= 0.3 is 0 Å². The summed E-state index contributed by atoms with van der Waals surface area (Å²) in [7, 11) is 0. The minimum absolute atomic E-state index is 0.00554. The van der Waals surface area contributed by atoms with Crippen molar-refractivity contribution >= 4 is 0 Å². The molecule has 4 unspecified atom stereocenters. The SMILES string of the molecule is CC1CC2(C1)CC(C1CC(F)C3OC3C1)C2. The Morgan fingerprint density at radius 3 is 2.44 bits per heavy atom. The van der Waals surface area contributed by atoms with E-state index < -0.39 is 6.17 Å². The van der Waals surface area contributed by atoms with Gasteiger partial charge in [-0.05, 0) is 61.7 Å². The highest BCUT2D eigenvalue weighted by Crippen LogP contribution is 2.64. The monoisotopic (exact) mass is 224 g/mol. The van der Waals surface area contributed by atoms with Gasteiger partial charge in [-0.15, -0.1) is 0 Å². The third-order valence-corrected chi connectivity index (χ3v) is 5.66. The molecule has 90 valence electrons. The first kappa shape index (κ1) is 9.87. The van der Waals surface area contributed by atoms with E-state index in [-0.39, 0.29) is 6.10 Å². The third-order valence-electron chi connectivity index (χ3n) is 5.66. The molecule has 4 atom stereocenters. The largest absolute Gasteiger partial charge is 0.366 e. The average molecular weight is 224 g/mol. The van der Waals surface area contributed by atoms with Gasteiger partial charge in [-0.3, -0.25) is 0 Å². The van der Waals surface area contributed by atoms with E-state index in [1.807, 2.05) is 0 Å². The highest BCUT2D eigenvalue weighted by Gasteiger charge is 2.57. The second-order valence-electron chi connectivity index (χ2n) is 7.07. The summed E-state index contributed by atoms with van der Waals surface area (Å²) < 4.78 is 19.0. The van der Waals surface area contributed by atoms with Gasteiger partial charge in [-0.25, -0.2) is 4.39 Å². The molecule has 1 spiro atoms. The fourth-order valence-electron chi connectivity index (χ4n) is 5.01. The maximum absolute atomic E-state index is 13.6. The molecule has 0 aromatic heterocycles. The zero-order chi connectivity index (χ0) is 10.9. The van der Waals surface area contributed by atoms with Gasteiger partial charge in [-0.1, -0.05) is 6.92 Å². The highest BCUT2D eigenvalue weighted by molar-refractivity contribution is 5.07. The molecule has 1 saturated heterocycles. The van der Waals surface area contributed by atoms with E-state index in [1.165, 1.54) is 25.7 Å². The van der Waals surface area contributed by atoms with Gasteiger partial charge in [0.05, 0.1) is 6.10 Å². The third kappa shape index (κ3) is 1.32. The van der Waals surface area contributed by atoms with Crippen molar-refractivity contribution in [2.75, 3.05) is 0 Å². The van der Waals surface area contributed by atoms with E-state index in [1.54, 1.807) is 0 Å². The Balaban J connectivity index is 1.35. The Bertz CT molecular complexity index is 302. The van der Waals surface area contributed by atoms with E-state index in [9.17, 15) is 4.39 Å². The van der Waals surface area contributed by atoms with Crippen molar-refractivity contribution in [3.63, 3.8) is 0 Å². The quantitative estimate of drug-likeness (QED) is 0.622. The number of alkyl halides is 1. The van der Waals surface area contributed by atoms with Crippen LogP contribution >= 0.6 is 0 Å². The lowest BCUT2D eigenvalue weighted by Gasteiger charge is -2.59. The van der Waals surface area contributed by atoms with Crippen LogP contribution in [0.3, 0.4) is 0 Å². The van der Waals surface area contributed by atoms with Gasteiger partial charge < -0.3 is 4.74 Å². The molecule has 0 amide bonds. The normalized spacial score (nSPS) is 63.4. The van der Waals surface area contributed by atoms with E-state index in [0.29, 0.717) is 12.0 Å². The number of halogens is 1. The summed E-state index contributed by atoms with van der Waals surface area (Å²) in [5.41, 5.74) is 0.719. The summed E-state index contributed by atoms with van der Waals surface area (Å²) in [6.07, 6.45) is 7.26. The summed E-state index contributed by atoms with van der Waals surface area (Å²) in [6, 6.07) is 0. The zero-order valence-electron chi connectivity index (χ0n) is 9.99. The molecule has 0 bridgehead atoms. The summed E-state index contributed by atoms with van der Waals surface area (Å²) in [6.45, 7) is 2.36. The molecule has 1 heterocycles. The Kier molecular flexibility index (Phi) is 1.86. The molecule has 3 aliphatic carbocycles. The molecular formula is C14H21FO. The summed E-state index contributed by atoms with van der Waals surface area (Å²) in [4.78, 5) is 0. The minimum Gasteiger partial charge on any atom is -0.366 e. The molecule has 0 aromatic rings. The van der Waals surface area contributed by atoms with Crippen molar-refractivity contribution in [3.8, 4) is 0 Å². The van der Waals surface area contributed by atoms with E-state index >= 15 is 0 Å². The van der Waals surface area contributed by atoms with Gasteiger partial charge in [0.2, 0.25) is 0 Å². The highest BCUT2D eigenvalue weighted by atomic mass is 19.1. The minimum atomic E-state index is -0.652. The van der Waals surface area contributed by atoms with Crippen LogP contribution in [0, 0.1) is 23.2 Å². The summed E-state index contributed by atoms with van der Waals surface area (Å²) >= 11 is 0. The molecule has 2 heteroatoms. The fraction of sp³-hybridized carbons (Fsp3) is 1.00. The van der Waals surface area contributed by atoms with Gasteiger partial charge in [0.25, 0.3) is 0 Å². The van der Waals surface area contributed by atoms with Gasteiger partial charge in [0.15, 0.2) is 0 Å². The molecule has 16 heavy (non-hydrogen) atoms. The predicted octanol–water partition coefficient (Wildman–Crippen LogP) is 3.33. The van der Waals surface area contributed by atoms with Crippen LogP contribution in [0.4, 0.5) is 4.39 Å². The Morgan fingerprint density at radius 1 is 1.06 bits per heavy atom. The maximum atomic E-state index is 13.6. The van der Waals surface area contributed by atoms with E-state index in [4.69, 9.17) is 4.74 Å². The van der Waals surface area contributed by atoms with Gasteiger partial charge in [0, 0.05) is 0 Å². The van der Waals surface area contributed by atoms with E-state index in [2.05, 4.69) is 6.92 Å². The summed E-state index contributed by atoms with van der Waals surface area (Å²) in [5.74, 6) is 2.42. The first-order valence-corrected chi connectivity index (χ1v) is 6.95. The molecule has 1 aliphatic heterocycles. The molecule has 4 fully saturated rings. The van der Waals surface area contributed by atoms with Crippen molar-refractivity contribution in [1.82, 2.24) is 0 Å². The maximum Gasteiger partial charge on any atom is 0.129 e. The average Bonchev–Trinajstić information content (AvgIpc) is 2.87. The van der Waals surface area contributed by atoms with Crippen LogP contribution in [0.2, 0.25) is 0 Å². The second kappa shape index (κ2) is 3.01. The molecular weight excluding hydrogens is 203 g/mol. The van der Waals surface area contributed by atoms with Crippen molar-refractivity contribution in [3.05, 3.63) is 0 Å². The van der Waals surface area contributed by atoms with Crippen LogP contribution in [0.15, 0.2) is 0 Å². The number of rotatable bonds is 1. The first-order chi connectivity index (χ1) is 7.65. The van der Waals surface area contributed by atoms with Crippen molar-refractivity contribution in [1.29, 1.82) is 0 Å². The predicted molar refractivity (Wildman–Crippen MR) is 59.8 cm³/mol. The van der Waals surface area contributed by atoms with E-state index in [0.717, 1.165) is 30.1 Å². The molecule has 4 aliphatic rings. The van der Waals surface area contributed by atoms with Crippen LogP contribution < -0.4 is 0 Å². The second-order valence-corrected chi connectivity index (χ2v) is 7.07. The number of ether oxygens (including phenoxy) is 1. The lowest BCUT2D eigenvalue weighted by atomic mass is 9.46. The molecule has 4 rings (SSSR count). The summed E-state index contributed by atoms with van der Waals surface area (Å²) in [5, 5.41) is 0. The molecule has 0 N–H and O–H groups in total. The molecule has 0 radical (unpaired) electrons. The molecule has 1 nitrogen and oxygen atoms in total. The van der Waals surface area contributed by atoms with Crippen LogP contribution in [0.25, 0.3) is 0 Å². The lowest BCUT2D eigenvalue weighted by molar-refractivity contribution is -0.0889. The Labute approximate surface area is 96.7 Å². The molecule has 0 aromatic carbocycles. The van der Waals surface area contributed by atoms with Crippen molar-refractivity contribution in [2.24, 2.45) is 23.2 Å². The van der Waals surface area contributed by atoms with Gasteiger partial charge in [0.1, 0.15) is 12.3 Å². The number of epoxide rings is 1. The smallest absolute Gasteiger partial charge is 0.129 e. The van der Waals surface area contributed by atoms with Gasteiger partial charge in [-0.2, -0.15) is 0 Å². The first-order valence-electron chi connectivity index (χ1n) is 6.95. The van der Waals surface area contributed by atoms with Crippen molar-refractivity contribution in [2.45, 2.75) is 63.8 Å². The fourth-order valence-corrected chi connectivity index (χ4v) is 5.01. The van der Waals surface area contributed by atoms with Crippen LogP contribution in [0.1, 0.15) is 45.4 Å². The molecule has 3 saturated carbocycles. The lowest BCUT2D eigenvalue weighted by Crippen LogP contribution is -2.49. The van der Waals surface area contributed by atoms with Crippen molar-refractivity contribution < 1.29 is 9.13 Å². The topological polar surface area (TPSA) is 12.5 Å². The Morgan fingerprint density at radius 2 is 1.81 bits per heavy atom. The Hall–Kier alpha value is -0.110. The number of hydrogen-bond acceptors (Lipinski definition) is 1. The standard InChI is InChI=1S/C14H21FO/c1-8-4-14(5-8)6-10(7-14)9-2-11(15)13-12(3-9)16-13/h8-13H,2-7H2,1H3. The van der Waals surface area contributed by atoms with Crippen LogP contribution in [-0.4, -0.2) is 18.4 Å². The van der Waals surface area contributed by atoms with Crippen LogP contribution in [0.5, 0.6) is 0 Å². The number of fused-ring (bicyclic) bond motifs is 1.